The Balaban J connectivity index is 1.24. The van der Waals surface area contributed by atoms with Crippen molar-refractivity contribution in [3.05, 3.63) is 12.2 Å². The lowest BCUT2D eigenvalue weighted by Crippen LogP contribution is -2.40. The summed E-state index contributed by atoms with van der Waals surface area (Å²) >= 11 is 0. The molecule has 3 fully saturated rings. The van der Waals surface area contributed by atoms with Gasteiger partial charge in [-0.2, -0.15) is 0 Å². The number of likely N-dealkylation sites (tertiary alicyclic amines) is 2. The summed E-state index contributed by atoms with van der Waals surface area (Å²) in [7, 11) is 2.16. The topological polar surface area (TPSA) is 77.0 Å². The molecule has 28 heavy (non-hydrogen) atoms. The third kappa shape index (κ3) is 3.56. The van der Waals surface area contributed by atoms with E-state index in [4.69, 9.17) is 4.99 Å². The number of carbonyl (C=O) groups excluding carboxylic acids is 2. The minimum absolute atomic E-state index is 0.0525. The molecule has 2 aliphatic heterocycles. The van der Waals surface area contributed by atoms with Crippen LogP contribution in [0.2, 0.25) is 0 Å². The Hall–Kier alpha value is -1.89. The lowest BCUT2D eigenvalue weighted by molar-refractivity contribution is -0.140. The van der Waals surface area contributed by atoms with Gasteiger partial charge in [-0.3, -0.25) is 19.5 Å². The average molecular weight is 388 g/mol. The zero-order valence-electron chi connectivity index (χ0n) is 17.1. The van der Waals surface area contributed by atoms with E-state index < -0.39 is 0 Å². The SMILES string of the molecule is CCNC(=NCC1CCCN1C)NCCCN1C(=O)C2C3C=CC(C3)C2C1=O. The molecule has 2 amide bonds. The predicted octanol–water partition coefficient (Wildman–Crippen LogP) is 0.833. The van der Waals surface area contributed by atoms with Crippen molar-refractivity contribution in [1.29, 1.82) is 0 Å². The fourth-order valence-electron chi connectivity index (χ4n) is 5.38. The molecule has 2 saturated heterocycles. The number of fused-ring (bicyclic) bond motifs is 5. The monoisotopic (exact) mass is 387 g/mol. The molecule has 0 aromatic carbocycles. The molecule has 0 aromatic heterocycles. The van der Waals surface area contributed by atoms with Crippen LogP contribution in [-0.4, -0.2) is 73.4 Å². The number of hydrogen-bond acceptors (Lipinski definition) is 4. The van der Waals surface area contributed by atoms with E-state index in [1.54, 1.807) is 0 Å². The number of amides is 2. The van der Waals surface area contributed by atoms with Gasteiger partial charge in [0.25, 0.3) is 0 Å². The van der Waals surface area contributed by atoms with E-state index in [-0.39, 0.29) is 35.5 Å². The van der Waals surface area contributed by atoms with Crippen molar-refractivity contribution in [3.8, 4) is 0 Å². The fraction of sp³-hybridized carbons (Fsp3) is 0.762. The molecule has 0 radical (unpaired) electrons. The first-order valence-electron chi connectivity index (χ1n) is 10.9. The van der Waals surface area contributed by atoms with E-state index >= 15 is 0 Å². The first-order chi connectivity index (χ1) is 13.6. The Labute approximate surface area is 167 Å². The zero-order valence-corrected chi connectivity index (χ0v) is 17.1. The van der Waals surface area contributed by atoms with Gasteiger partial charge in [0.2, 0.25) is 11.8 Å². The number of nitrogens with zero attached hydrogens (tertiary/aromatic N) is 3. The molecule has 5 unspecified atom stereocenters. The van der Waals surface area contributed by atoms with Crippen molar-refractivity contribution in [3.63, 3.8) is 0 Å². The maximum Gasteiger partial charge on any atom is 0.233 e. The van der Waals surface area contributed by atoms with Crippen LogP contribution in [-0.2, 0) is 9.59 Å². The molecule has 2 N–H and O–H groups in total. The number of rotatable bonds is 7. The molecular weight excluding hydrogens is 354 g/mol. The molecule has 0 spiro atoms. The number of hydrogen-bond donors (Lipinski definition) is 2. The zero-order chi connectivity index (χ0) is 19.7. The molecule has 2 aliphatic carbocycles. The Bertz CT molecular complexity index is 646. The molecule has 7 heteroatoms. The summed E-state index contributed by atoms with van der Waals surface area (Å²) in [6.45, 7) is 6.02. The van der Waals surface area contributed by atoms with E-state index in [0.29, 0.717) is 19.1 Å². The minimum Gasteiger partial charge on any atom is -0.357 e. The van der Waals surface area contributed by atoms with Crippen LogP contribution in [0.3, 0.4) is 0 Å². The summed E-state index contributed by atoms with van der Waals surface area (Å²) in [5, 5.41) is 6.64. The molecule has 7 nitrogen and oxygen atoms in total. The lowest BCUT2D eigenvalue weighted by Gasteiger charge is -2.19. The van der Waals surface area contributed by atoms with E-state index in [2.05, 4.69) is 41.7 Å². The molecule has 4 rings (SSSR count). The van der Waals surface area contributed by atoms with Crippen LogP contribution in [0.5, 0.6) is 0 Å². The third-order valence-corrected chi connectivity index (χ3v) is 6.89. The summed E-state index contributed by atoms with van der Waals surface area (Å²) < 4.78 is 0. The molecule has 1 saturated carbocycles. The highest BCUT2D eigenvalue weighted by molar-refractivity contribution is 6.06. The minimum atomic E-state index is -0.0854. The van der Waals surface area contributed by atoms with Gasteiger partial charge in [-0.05, 0) is 58.0 Å². The van der Waals surface area contributed by atoms with E-state index in [1.165, 1.54) is 17.7 Å². The molecular formula is C21H33N5O2. The number of nitrogens with one attached hydrogen (secondary N) is 2. The highest BCUT2D eigenvalue weighted by atomic mass is 16.2. The van der Waals surface area contributed by atoms with Crippen LogP contribution in [0, 0.1) is 23.7 Å². The summed E-state index contributed by atoms with van der Waals surface area (Å²) in [5.74, 6) is 1.33. The van der Waals surface area contributed by atoms with Crippen LogP contribution in [0.15, 0.2) is 17.1 Å². The molecule has 5 atom stereocenters. The highest BCUT2D eigenvalue weighted by Gasteiger charge is 2.58. The van der Waals surface area contributed by atoms with Gasteiger partial charge in [0, 0.05) is 25.7 Å². The number of likely N-dealkylation sites (N-methyl/N-ethyl adjacent to an activating group) is 1. The second kappa shape index (κ2) is 8.23. The van der Waals surface area contributed by atoms with Crippen molar-refractivity contribution in [2.75, 3.05) is 39.8 Å². The number of allylic oxidation sites excluding steroid dienone is 2. The first-order valence-corrected chi connectivity index (χ1v) is 10.9. The van der Waals surface area contributed by atoms with Gasteiger partial charge in [-0.1, -0.05) is 12.2 Å². The third-order valence-electron chi connectivity index (χ3n) is 6.89. The van der Waals surface area contributed by atoms with E-state index in [9.17, 15) is 9.59 Å². The number of imide groups is 1. The summed E-state index contributed by atoms with van der Waals surface area (Å²) in [4.78, 5) is 34.0. The van der Waals surface area contributed by atoms with Crippen LogP contribution < -0.4 is 10.6 Å². The lowest BCUT2D eigenvalue weighted by atomic mass is 9.85. The maximum atomic E-state index is 12.7. The van der Waals surface area contributed by atoms with Gasteiger partial charge in [0.1, 0.15) is 0 Å². The van der Waals surface area contributed by atoms with E-state index in [1.807, 2.05) is 0 Å². The van der Waals surface area contributed by atoms with Crippen LogP contribution in [0.25, 0.3) is 0 Å². The fourth-order valence-corrected chi connectivity index (χ4v) is 5.38. The summed E-state index contributed by atoms with van der Waals surface area (Å²) in [5.41, 5.74) is 0. The quantitative estimate of drug-likeness (QED) is 0.223. The number of carbonyl (C=O) groups is 2. The van der Waals surface area contributed by atoms with Gasteiger partial charge < -0.3 is 15.5 Å². The normalized spacial score (nSPS) is 34.6. The maximum absolute atomic E-state index is 12.7. The standard InChI is InChI=1S/C21H33N5O2/c1-3-22-21(24-13-16-6-4-10-25(16)2)23-9-5-11-26-19(27)17-14-7-8-15(12-14)18(17)20(26)28/h7-8,14-18H,3-6,9-13H2,1-2H3,(H2,22,23,24). The van der Waals surface area contributed by atoms with Crippen LogP contribution in [0.1, 0.15) is 32.6 Å². The van der Waals surface area contributed by atoms with Crippen molar-refractivity contribution in [2.24, 2.45) is 28.7 Å². The summed E-state index contributed by atoms with van der Waals surface area (Å²) in [6.07, 6.45) is 8.47. The van der Waals surface area contributed by atoms with Gasteiger partial charge in [0.05, 0.1) is 18.4 Å². The first kappa shape index (κ1) is 19.4. The highest BCUT2D eigenvalue weighted by Crippen LogP contribution is 2.52. The van der Waals surface area contributed by atoms with Gasteiger partial charge in [-0.15, -0.1) is 0 Å². The molecule has 2 bridgehead atoms. The smallest absolute Gasteiger partial charge is 0.233 e. The van der Waals surface area contributed by atoms with Gasteiger partial charge >= 0.3 is 0 Å². The average Bonchev–Trinajstić information content (AvgIpc) is 3.44. The van der Waals surface area contributed by atoms with Gasteiger partial charge in [0.15, 0.2) is 5.96 Å². The second-order valence-corrected chi connectivity index (χ2v) is 8.60. The number of aliphatic imine (C=N–C) groups is 1. The molecule has 0 aromatic rings. The van der Waals surface area contributed by atoms with Crippen molar-refractivity contribution in [2.45, 2.75) is 38.6 Å². The van der Waals surface area contributed by atoms with Crippen molar-refractivity contribution < 1.29 is 9.59 Å². The van der Waals surface area contributed by atoms with Crippen LogP contribution in [0.4, 0.5) is 0 Å². The second-order valence-electron chi connectivity index (χ2n) is 8.60. The van der Waals surface area contributed by atoms with E-state index in [0.717, 1.165) is 38.4 Å². The Morgan fingerprint density at radius 3 is 2.50 bits per heavy atom. The van der Waals surface area contributed by atoms with Crippen molar-refractivity contribution >= 4 is 17.8 Å². The summed E-state index contributed by atoms with van der Waals surface area (Å²) in [6, 6.07) is 0.527. The Kier molecular flexibility index (Phi) is 5.71. The molecule has 154 valence electrons. The number of guanidine groups is 1. The van der Waals surface area contributed by atoms with Crippen molar-refractivity contribution in [1.82, 2.24) is 20.4 Å². The molecule has 2 heterocycles. The molecule has 4 aliphatic rings. The van der Waals surface area contributed by atoms with Crippen LogP contribution >= 0.6 is 0 Å². The largest absolute Gasteiger partial charge is 0.357 e. The van der Waals surface area contributed by atoms with Gasteiger partial charge in [-0.25, -0.2) is 0 Å². The Morgan fingerprint density at radius 2 is 1.89 bits per heavy atom. The Morgan fingerprint density at radius 1 is 1.18 bits per heavy atom. The predicted molar refractivity (Wildman–Crippen MR) is 109 cm³/mol.